The van der Waals surface area contributed by atoms with Crippen molar-refractivity contribution in [1.29, 1.82) is 0 Å². The van der Waals surface area contributed by atoms with Crippen LogP contribution in [-0.2, 0) is 14.3 Å². The topological polar surface area (TPSA) is 105 Å². The Morgan fingerprint density at radius 2 is 1.62 bits per heavy atom. The highest BCUT2D eigenvalue weighted by atomic mass is 16.5. The van der Waals surface area contributed by atoms with Gasteiger partial charge < -0.3 is 20.5 Å². The van der Waals surface area contributed by atoms with Gasteiger partial charge in [0.2, 0.25) is 5.91 Å². The summed E-state index contributed by atoms with van der Waals surface area (Å²) in [5.74, 6) is -0.286. The van der Waals surface area contributed by atoms with Crippen molar-refractivity contribution < 1.29 is 24.2 Å². The van der Waals surface area contributed by atoms with E-state index in [9.17, 15) is 19.5 Å². The fourth-order valence-corrected chi connectivity index (χ4v) is 5.96. The zero-order chi connectivity index (χ0) is 23.7. The average Bonchev–Trinajstić information content (AvgIpc) is 3.34. The van der Waals surface area contributed by atoms with Crippen molar-refractivity contribution in [2.24, 2.45) is 17.8 Å². The number of rotatable bonds is 8. The molecule has 0 saturated heterocycles. The summed E-state index contributed by atoms with van der Waals surface area (Å²) in [6.45, 7) is 0.629. The number of carbonyl (C=O) groups is 3. The highest BCUT2D eigenvalue weighted by molar-refractivity contribution is 5.79. The number of fused-ring (bicyclic) bond motifs is 4. The average molecular weight is 463 g/mol. The first-order chi connectivity index (χ1) is 16.5. The van der Waals surface area contributed by atoms with E-state index in [4.69, 9.17) is 4.74 Å². The molecule has 2 aromatic carbocycles. The minimum Gasteiger partial charge on any atom is -0.481 e. The van der Waals surface area contributed by atoms with Gasteiger partial charge in [-0.1, -0.05) is 48.5 Å². The Balaban J connectivity index is 1.02. The Labute approximate surface area is 198 Å². The third kappa shape index (κ3) is 4.39. The molecular formula is C27H30N2O5. The van der Waals surface area contributed by atoms with Crippen LogP contribution in [0.1, 0.15) is 49.1 Å². The van der Waals surface area contributed by atoms with Gasteiger partial charge in [-0.2, -0.15) is 0 Å². The molecule has 2 amide bonds. The maximum absolute atomic E-state index is 12.3. The molecule has 2 fully saturated rings. The second kappa shape index (κ2) is 9.49. The van der Waals surface area contributed by atoms with Gasteiger partial charge in [-0.15, -0.1) is 0 Å². The predicted octanol–water partition coefficient (Wildman–Crippen LogP) is 3.92. The van der Waals surface area contributed by atoms with Crippen LogP contribution in [0, 0.1) is 17.8 Å². The maximum Gasteiger partial charge on any atom is 0.407 e. The van der Waals surface area contributed by atoms with Crippen LogP contribution in [0.3, 0.4) is 0 Å². The van der Waals surface area contributed by atoms with Gasteiger partial charge in [-0.25, -0.2) is 4.79 Å². The van der Waals surface area contributed by atoms with Crippen molar-refractivity contribution in [1.82, 2.24) is 10.6 Å². The third-order valence-electron chi connectivity index (χ3n) is 7.71. The number of carbonyl (C=O) groups excluding carboxylic acids is 2. The van der Waals surface area contributed by atoms with Crippen LogP contribution in [0.25, 0.3) is 11.1 Å². The number of hydrogen-bond donors (Lipinski definition) is 3. The smallest absolute Gasteiger partial charge is 0.407 e. The molecule has 34 heavy (non-hydrogen) atoms. The molecule has 3 aliphatic carbocycles. The summed E-state index contributed by atoms with van der Waals surface area (Å²) in [4.78, 5) is 35.7. The second-order valence-corrected chi connectivity index (χ2v) is 9.70. The first-order valence-corrected chi connectivity index (χ1v) is 12.1. The number of nitrogens with one attached hydrogen (secondary N) is 2. The van der Waals surface area contributed by atoms with Gasteiger partial charge >= 0.3 is 12.1 Å². The van der Waals surface area contributed by atoms with Gasteiger partial charge in [0.15, 0.2) is 0 Å². The van der Waals surface area contributed by atoms with Crippen LogP contribution >= 0.6 is 0 Å². The Hall–Kier alpha value is -3.35. The number of ether oxygens (including phenoxy) is 1. The molecule has 0 heterocycles. The van der Waals surface area contributed by atoms with Crippen molar-refractivity contribution in [3.63, 3.8) is 0 Å². The number of amides is 2. The van der Waals surface area contributed by atoms with Gasteiger partial charge in [0.05, 0.1) is 5.92 Å². The fraction of sp³-hybridized carbons (Fsp3) is 0.444. The molecule has 0 aromatic heterocycles. The summed E-state index contributed by atoms with van der Waals surface area (Å²) in [5.41, 5.74) is 4.71. The van der Waals surface area contributed by atoms with Gasteiger partial charge in [0, 0.05) is 24.9 Å². The molecule has 2 aromatic rings. The summed E-state index contributed by atoms with van der Waals surface area (Å²) in [6.07, 6.45) is 2.63. The van der Waals surface area contributed by atoms with Crippen molar-refractivity contribution >= 4 is 18.0 Å². The Bertz CT molecular complexity index is 1050. The third-order valence-corrected chi connectivity index (χ3v) is 7.71. The van der Waals surface area contributed by atoms with Crippen LogP contribution < -0.4 is 10.6 Å². The number of aliphatic carboxylic acids is 1. The van der Waals surface area contributed by atoms with Gasteiger partial charge in [-0.05, 0) is 59.8 Å². The van der Waals surface area contributed by atoms with Crippen LogP contribution in [0.5, 0.6) is 0 Å². The molecule has 7 nitrogen and oxygen atoms in total. The van der Waals surface area contributed by atoms with Crippen LogP contribution in [0.15, 0.2) is 48.5 Å². The molecule has 0 radical (unpaired) electrons. The molecule has 0 bridgehead atoms. The van der Waals surface area contributed by atoms with Gasteiger partial charge in [0.1, 0.15) is 6.61 Å². The summed E-state index contributed by atoms with van der Waals surface area (Å²) in [6, 6.07) is 16.5. The minimum absolute atomic E-state index is 0.0199. The van der Waals surface area contributed by atoms with Crippen molar-refractivity contribution in [3.8, 4) is 11.1 Å². The van der Waals surface area contributed by atoms with E-state index < -0.39 is 12.1 Å². The lowest BCUT2D eigenvalue weighted by Gasteiger charge is -2.40. The van der Waals surface area contributed by atoms with E-state index in [0.29, 0.717) is 37.6 Å². The van der Waals surface area contributed by atoms with Crippen molar-refractivity contribution in [2.75, 3.05) is 13.2 Å². The molecule has 2 saturated carbocycles. The van der Waals surface area contributed by atoms with Crippen LogP contribution in [0.4, 0.5) is 4.79 Å². The lowest BCUT2D eigenvalue weighted by Crippen LogP contribution is -2.50. The Morgan fingerprint density at radius 3 is 2.29 bits per heavy atom. The molecule has 3 aliphatic rings. The largest absolute Gasteiger partial charge is 0.481 e. The second-order valence-electron chi connectivity index (χ2n) is 9.70. The molecule has 0 spiro atoms. The summed E-state index contributed by atoms with van der Waals surface area (Å²) in [5, 5.41) is 15.0. The zero-order valence-corrected chi connectivity index (χ0v) is 19.0. The number of benzene rings is 2. The molecule has 7 heteroatoms. The molecule has 0 aliphatic heterocycles. The standard InChI is InChI=1S/C27H30N2O5/c30-25(29-24-14-16-12-17(26(31)32)13-22(16)24)10-5-11-28-27(33)34-15-23-20-8-3-1-6-18(20)19-7-2-4-9-21(19)23/h1-4,6-9,16-17,22-24H,5,10-15H2,(H,28,33)(H,29,30)(H,31,32). The molecule has 4 atom stereocenters. The van der Waals surface area contributed by atoms with E-state index in [1.165, 1.54) is 22.3 Å². The van der Waals surface area contributed by atoms with Crippen molar-refractivity contribution in [2.45, 2.75) is 44.1 Å². The Kier molecular flexibility index (Phi) is 6.26. The van der Waals surface area contributed by atoms with Gasteiger partial charge in [-0.3, -0.25) is 9.59 Å². The first kappa shape index (κ1) is 22.4. The van der Waals surface area contributed by atoms with E-state index in [0.717, 1.165) is 12.8 Å². The maximum atomic E-state index is 12.3. The summed E-state index contributed by atoms with van der Waals surface area (Å²) < 4.78 is 5.52. The van der Waals surface area contributed by atoms with Crippen LogP contribution in [0.2, 0.25) is 0 Å². The van der Waals surface area contributed by atoms with E-state index in [1.54, 1.807) is 0 Å². The monoisotopic (exact) mass is 462 g/mol. The SMILES string of the molecule is O=C(CCCNC(=O)OCC1c2ccccc2-c2ccccc21)NC1CC2CC(C(=O)O)CC21. The van der Waals surface area contributed by atoms with E-state index in [1.807, 2.05) is 24.3 Å². The predicted molar refractivity (Wildman–Crippen MR) is 126 cm³/mol. The lowest BCUT2D eigenvalue weighted by atomic mass is 9.71. The quantitative estimate of drug-likeness (QED) is 0.516. The first-order valence-electron chi connectivity index (χ1n) is 12.1. The van der Waals surface area contributed by atoms with E-state index in [2.05, 4.69) is 34.9 Å². The van der Waals surface area contributed by atoms with Crippen LogP contribution in [-0.4, -0.2) is 42.3 Å². The highest BCUT2D eigenvalue weighted by Crippen LogP contribution is 2.49. The summed E-state index contributed by atoms with van der Waals surface area (Å²) >= 11 is 0. The molecule has 178 valence electrons. The van der Waals surface area contributed by atoms with E-state index in [-0.39, 0.29) is 30.4 Å². The Morgan fingerprint density at radius 1 is 0.941 bits per heavy atom. The molecular weight excluding hydrogens is 432 g/mol. The summed E-state index contributed by atoms with van der Waals surface area (Å²) in [7, 11) is 0. The van der Waals surface area contributed by atoms with Gasteiger partial charge in [0.25, 0.3) is 0 Å². The van der Waals surface area contributed by atoms with E-state index >= 15 is 0 Å². The molecule has 5 rings (SSSR count). The van der Waals surface area contributed by atoms with Crippen molar-refractivity contribution in [3.05, 3.63) is 59.7 Å². The minimum atomic E-state index is -0.723. The highest BCUT2D eigenvalue weighted by Gasteiger charge is 2.49. The zero-order valence-electron chi connectivity index (χ0n) is 19.0. The fourth-order valence-electron chi connectivity index (χ4n) is 5.96. The lowest BCUT2D eigenvalue weighted by molar-refractivity contribution is -0.141. The normalized spacial score (nSPS) is 24.4. The number of carboxylic acids is 1. The number of carboxylic acid groups (broad SMARTS) is 1. The number of alkyl carbamates (subject to hydrolysis) is 1. The molecule has 4 unspecified atom stereocenters. The molecule has 3 N–H and O–H groups in total. The number of hydrogen-bond acceptors (Lipinski definition) is 4.